The molecule has 0 saturated carbocycles. The molecule has 0 aliphatic heterocycles. The van der Waals surface area contributed by atoms with E-state index in [-0.39, 0.29) is 0 Å². The minimum Gasteiger partial charge on any atom is -0.247 e. The Labute approximate surface area is 90.2 Å². The molecule has 1 nitrogen and oxygen atoms in total. The first-order valence-electron chi connectivity index (χ1n) is 3.83. The highest BCUT2D eigenvalue weighted by atomic mass is 35.5. The van der Waals surface area contributed by atoms with Crippen molar-refractivity contribution >= 4 is 34.1 Å². The van der Waals surface area contributed by atoms with Gasteiger partial charge in [0, 0.05) is 5.02 Å². The second kappa shape index (κ2) is 5.32. The summed E-state index contributed by atoms with van der Waals surface area (Å²) in [5, 5.41) is 0.936. The fourth-order valence-corrected chi connectivity index (χ4v) is 1.39. The van der Waals surface area contributed by atoms with Crippen molar-refractivity contribution < 1.29 is 8.78 Å². The van der Waals surface area contributed by atoms with Crippen molar-refractivity contribution in [2.75, 3.05) is 0 Å². The summed E-state index contributed by atoms with van der Waals surface area (Å²) in [5.74, 6) is -2.42. The average molecular weight is 236 g/mol. The number of rotatable bonds is 2. The molecular weight excluding hydrogens is 228 g/mol. The predicted molar refractivity (Wildman–Crippen MR) is 57.8 cm³/mol. The second-order valence-corrected chi connectivity index (χ2v) is 4.11. The smallest absolute Gasteiger partial charge is 0.247 e. The predicted octanol–water partition coefficient (Wildman–Crippen LogP) is 4.35. The van der Waals surface area contributed by atoms with Gasteiger partial charge in [-0.1, -0.05) is 11.6 Å². The molecule has 0 saturated heterocycles. The third-order valence-corrected chi connectivity index (χ3v) is 2.24. The summed E-state index contributed by atoms with van der Waals surface area (Å²) < 4.78 is 23.8. The summed E-state index contributed by atoms with van der Waals surface area (Å²) >= 11 is 6.10. The van der Waals surface area contributed by atoms with Crippen LogP contribution in [0.3, 0.4) is 0 Å². The van der Waals surface area contributed by atoms with E-state index in [1.54, 1.807) is 31.2 Å². The van der Waals surface area contributed by atoms with Crippen LogP contribution >= 0.6 is 23.4 Å². The maximum atomic E-state index is 11.9. The Balaban J connectivity index is 2.71. The van der Waals surface area contributed by atoms with E-state index < -0.39 is 5.76 Å². The first-order chi connectivity index (χ1) is 6.58. The molecule has 0 aromatic heterocycles. The van der Waals surface area contributed by atoms with Gasteiger partial charge in [-0.25, -0.2) is 4.99 Å². The van der Waals surface area contributed by atoms with E-state index in [1.807, 2.05) is 0 Å². The minimum atomic E-state index is -2.42. The van der Waals surface area contributed by atoms with Crippen LogP contribution in [0.5, 0.6) is 0 Å². The molecule has 0 aliphatic carbocycles. The quantitative estimate of drug-likeness (QED) is 0.549. The van der Waals surface area contributed by atoms with Crippen molar-refractivity contribution in [3.63, 3.8) is 0 Å². The molecule has 14 heavy (non-hydrogen) atoms. The Morgan fingerprint density at radius 3 is 2.43 bits per heavy atom. The summed E-state index contributed by atoms with van der Waals surface area (Å²) in [6.07, 6.45) is 0. The number of benzene rings is 1. The van der Waals surface area contributed by atoms with Crippen LogP contribution in [-0.4, -0.2) is 10.8 Å². The van der Waals surface area contributed by atoms with E-state index in [1.165, 1.54) is 0 Å². The van der Waals surface area contributed by atoms with Gasteiger partial charge in [-0.05, 0) is 43.0 Å². The van der Waals surface area contributed by atoms with Crippen LogP contribution in [0.1, 0.15) is 6.92 Å². The molecule has 76 valence electrons. The number of hydrogen-bond acceptors (Lipinski definition) is 2. The van der Waals surface area contributed by atoms with Gasteiger partial charge in [0.1, 0.15) is 0 Å². The summed E-state index contributed by atoms with van der Waals surface area (Å²) in [6.45, 7) is 1.55. The molecule has 1 aromatic rings. The molecule has 0 unspecified atom stereocenters. The highest BCUT2D eigenvalue weighted by Gasteiger charge is 2.04. The lowest BCUT2D eigenvalue weighted by molar-refractivity contribution is 0.253. The van der Waals surface area contributed by atoms with Crippen molar-refractivity contribution in [2.24, 2.45) is 4.99 Å². The lowest BCUT2D eigenvalue weighted by Gasteiger charge is -1.99. The zero-order chi connectivity index (χ0) is 10.6. The number of halogens is 3. The van der Waals surface area contributed by atoms with Crippen LogP contribution in [0.25, 0.3) is 0 Å². The lowest BCUT2D eigenvalue weighted by Crippen LogP contribution is -1.89. The molecule has 1 aromatic carbocycles. The molecule has 0 radical (unpaired) electrons. The molecule has 0 bridgehead atoms. The summed E-state index contributed by atoms with van der Waals surface area (Å²) in [4.78, 5) is 3.98. The third-order valence-electron chi connectivity index (χ3n) is 1.37. The zero-order valence-electron chi connectivity index (χ0n) is 7.38. The van der Waals surface area contributed by atoms with Gasteiger partial charge in [-0.15, -0.1) is 0 Å². The van der Waals surface area contributed by atoms with Crippen molar-refractivity contribution in [2.45, 2.75) is 12.7 Å². The van der Waals surface area contributed by atoms with Gasteiger partial charge in [0.2, 0.25) is 0 Å². The molecule has 0 atom stereocenters. The lowest BCUT2D eigenvalue weighted by atomic mass is 10.3. The number of alkyl halides is 2. The summed E-state index contributed by atoms with van der Waals surface area (Å²) in [6, 6.07) is 6.69. The molecule has 1 rings (SSSR count). The minimum absolute atomic E-state index is 0.335. The van der Waals surface area contributed by atoms with Crippen LogP contribution in [-0.2, 0) is 0 Å². The standard InChI is InChI=1S/C9H8ClF2NS/c1-6(14-9(11)12)13-8-4-2-7(10)3-5-8/h2-5,9H,1H3. The number of aliphatic imine (C=N–C) groups is 1. The fraction of sp³-hybridized carbons (Fsp3) is 0.222. The van der Waals surface area contributed by atoms with Gasteiger partial charge in [-0.2, -0.15) is 8.78 Å². The van der Waals surface area contributed by atoms with E-state index >= 15 is 0 Å². The monoisotopic (exact) mass is 235 g/mol. The van der Waals surface area contributed by atoms with Crippen molar-refractivity contribution in [3.05, 3.63) is 29.3 Å². The maximum absolute atomic E-state index is 11.9. The largest absolute Gasteiger partial charge is 0.290 e. The van der Waals surface area contributed by atoms with Crippen LogP contribution in [0.15, 0.2) is 29.3 Å². The van der Waals surface area contributed by atoms with Crippen LogP contribution in [0.2, 0.25) is 5.02 Å². The molecule has 0 aliphatic rings. The van der Waals surface area contributed by atoms with Crippen molar-refractivity contribution in [1.82, 2.24) is 0 Å². The Bertz CT molecular complexity index is 324. The van der Waals surface area contributed by atoms with E-state index in [4.69, 9.17) is 11.6 Å². The van der Waals surface area contributed by atoms with Gasteiger partial charge in [0.25, 0.3) is 5.76 Å². The summed E-state index contributed by atoms with van der Waals surface area (Å²) in [5.41, 5.74) is 0.625. The Morgan fingerprint density at radius 1 is 1.36 bits per heavy atom. The van der Waals surface area contributed by atoms with E-state index in [0.717, 1.165) is 0 Å². The van der Waals surface area contributed by atoms with Crippen LogP contribution in [0.4, 0.5) is 14.5 Å². The average Bonchev–Trinajstić information content (AvgIpc) is 2.07. The van der Waals surface area contributed by atoms with Crippen molar-refractivity contribution in [3.8, 4) is 0 Å². The van der Waals surface area contributed by atoms with Gasteiger partial charge in [0.15, 0.2) is 0 Å². The molecule has 5 heteroatoms. The van der Waals surface area contributed by atoms with Gasteiger partial charge < -0.3 is 0 Å². The third kappa shape index (κ3) is 4.07. The highest BCUT2D eigenvalue weighted by Crippen LogP contribution is 2.21. The van der Waals surface area contributed by atoms with Crippen LogP contribution in [0, 0.1) is 0 Å². The van der Waals surface area contributed by atoms with Crippen LogP contribution < -0.4 is 0 Å². The van der Waals surface area contributed by atoms with Crippen molar-refractivity contribution in [1.29, 1.82) is 0 Å². The molecule has 0 amide bonds. The van der Waals surface area contributed by atoms with E-state index in [9.17, 15) is 8.78 Å². The molecule has 0 N–H and O–H groups in total. The maximum Gasteiger partial charge on any atom is 0.290 e. The zero-order valence-corrected chi connectivity index (χ0v) is 8.95. The van der Waals surface area contributed by atoms with Gasteiger partial charge >= 0.3 is 0 Å². The first kappa shape index (κ1) is 11.5. The highest BCUT2D eigenvalue weighted by molar-refractivity contribution is 8.14. The Morgan fingerprint density at radius 2 is 1.93 bits per heavy atom. The Hall–Kier alpha value is -0.610. The Kier molecular flexibility index (Phi) is 4.35. The first-order valence-corrected chi connectivity index (χ1v) is 5.09. The van der Waals surface area contributed by atoms with E-state index in [2.05, 4.69) is 4.99 Å². The SMILES string of the molecule is CC(=Nc1ccc(Cl)cc1)SC(F)F. The number of hydrogen-bond donors (Lipinski definition) is 0. The normalized spacial score (nSPS) is 12.2. The second-order valence-electron chi connectivity index (χ2n) is 2.49. The molecule has 0 spiro atoms. The number of thioether (sulfide) groups is 1. The topological polar surface area (TPSA) is 12.4 Å². The molecule has 0 heterocycles. The molecule has 0 fully saturated rings. The number of nitrogens with zero attached hydrogens (tertiary/aromatic N) is 1. The molecular formula is C9H8ClF2NS. The fourth-order valence-electron chi connectivity index (χ4n) is 0.853. The van der Waals surface area contributed by atoms with Gasteiger partial charge in [0.05, 0.1) is 10.7 Å². The van der Waals surface area contributed by atoms with E-state index in [0.29, 0.717) is 27.5 Å². The summed E-state index contributed by atoms with van der Waals surface area (Å²) in [7, 11) is 0. The van der Waals surface area contributed by atoms with Gasteiger partial charge in [-0.3, -0.25) is 0 Å².